The number of aromatic nitrogens is 3. The number of hydrogen-bond donors (Lipinski definition) is 4. The van der Waals surface area contributed by atoms with Crippen LogP contribution in [0.5, 0.6) is 5.75 Å². The zero-order chi connectivity index (χ0) is 31.3. The second kappa shape index (κ2) is 13.5. The van der Waals surface area contributed by atoms with Crippen molar-refractivity contribution in [3.63, 3.8) is 0 Å². The molecule has 4 rings (SSSR count). The summed E-state index contributed by atoms with van der Waals surface area (Å²) < 4.78 is 20.0. The molecule has 2 aromatic carbocycles. The quantitative estimate of drug-likeness (QED) is 0.197. The van der Waals surface area contributed by atoms with Gasteiger partial charge in [-0.3, -0.25) is 4.79 Å². The van der Waals surface area contributed by atoms with Crippen LogP contribution in [0.1, 0.15) is 38.7 Å². The third-order valence-electron chi connectivity index (χ3n) is 7.42. The molecule has 0 spiro atoms. The lowest BCUT2D eigenvalue weighted by molar-refractivity contribution is -0.111. The van der Waals surface area contributed by atoms with Gasteiger partial charge in [-0.25, -0.2) is 14.4 Å². The molecule has 0 radical (unpaired) electrons. The predicted molar refractivity (Wildman–Crippen MR) is 168 cm³/mol. The average Bonchev–Trinajstić information content (AvgIpc) is 3.42. The van der Waals surface area contributed by atoms with Gasteiger partial charge in [0.2, 0.25) is 17.8 Å². The molecule has 13 heteroatoms. The van der Waals surface area contributed by atoms with Crippen LogP contribution in [0.4, 0.5) is 39.0 Å². The number of anilines is 6. The number of carbonyl (C=O) groups is 1. The van der Waals surface area contributed by atoms with Gasteiger partial charge in [0, 0.05) is 36.4 Å². The van der Waals surface area contributed by atoms with Crippen molar-refractivity contribution in [2.24, 2.45) is 0 Å². The minimum absolute atomic E-state index is 0.115. The van der Waals surface area contributed by atoms with Gasteiger partial charge in [0.25, 0.3) is 0 Å². The Kier molecular flexibility index (Phi) is 10.0. The molecule has 230 valence electrons. The van der Waals surface area contributed by atoms with Crippen molar-refractivity contribution in [2.45, 2.75) is 44.8 Å². The number of nitrogens with one attached hydrogen (secondary N) is 3. The number of likely N-dealkylation sites (N-methyl/N-ethyl adjacent to an activating group) is 1. The number of hydrogen-bond acceptors (Lipinski definition) is 10. The maximum Gasteiger partial charge on any atom is 0.247 e. The number of carbonyl (C=O) groups excluding carboxylic acids is 1. The van der Waals surface area contributed by atoms with E-state index in [2.05, 4.69) is 47.3 Å². The molecular weight excluding hydrogens is 575 g/mol. The van der Waals surface area contributed by atoms with Crippen LogP contribution < -0.4 is 25.6 Å². The van der Waals surface area contributed by atoms with Gasteiger partial charge in [0.1, 0.15) is 17.9 Å². The monoisotopic (exact) mass is 612 g/mol. The van der Waals surface area contributed by atoms with Crippen molar-refractivity contribution in [1.29, 1.82) is 0 Å². The standard InChI is InChI=1S/C30H38ClFN8O3/c1-7-27(41)35-23-14-24(26(43-6)15-25(23)40-11-9-10-18(40)16-39(4)5)37-29-34-17-33-28(38-29)36-22-13-20(31)21(32)12-19(22)30(3,42)8-2/h7,12-15,17-18,42H,1,8-11,16H2,2-6H3,(H,35,41)(H2,33,34,36,37,38)/t18-,30?/m0/s1. The van der Waals surface area contributed by atoms with E-state index in [1.54, 1.807) is 27.0 Å². The Labute approximate surface area is 256 Å². The Morgan fingerprint density at radius 2 is 1.93 bits per heavy atom. The summed E-state index contributed by atoms with van der Waals surface area (Å²) >= 11 is 6.05. The largest absolute Gasteiger partial charge is 0.494 e. The van der Waals surface area contributed by atoms with E-state index < -0.39 is 11.4 Å². The zero-order valence-electron chi connectivity index (χ0n) is 25.0. The summed E-state index contributed by atoms with van der Waals surface area (Å²) in [6, 6.07) is 6.51. The summed E-state index contributed by atoms with van der Waals surface area (Å²) in [5, 5.41) is 19.9. The highest BCUT2D eigenvalue weighted by atomic mass is 35.5. The highest BCUT2D eigenvalue weighted by Gasteiger charge is 2.29. The summed E-state index contributed by atoms with van der Waals surface area (Å²) in [6.45, 7) is 8.68. The fourth-order valence-corrected chi connectivity index (χ4v) is 5.23. The Hall–Kier alpha value is -4.00. The number of halogens is 2. The minimum Gasteiger partial charge on any atom is -0.494 e. The number of amides is 1. The van der Waals surface area contributed by atoms with Gasteiger partial charge in [-0.15, -0.1) is 0 Å². The van der Waals surface area contributed by atoms with E-state index in [4.69, 9.17) is 16.3 Å². The molecule has 11 nitrogen and oxygen atoms in total. The Morgan fingerprint density at radius 3 is 2.56 bits per heavy atom. The molecule has 3 aromatic rings. The molecule has 1 aliphatic rings. The van der Waals surface area contributed by atoms with Crippen molar-refractivity contribution in [1.82, 2.24) is 19.9 Å². The Bertz CT molecular complexity index is 1490. The Morgan fingerprint density at radius 1 is 1.23 bits per heavy atom. The molecule has 0 bridgehead atoms. The van der Waals surface area contributed by atoms with Crippen LogP contribution in [0.15, 0.2) is 43.2 Å². The molecule has 1 amide bonds. The van der Waals surface area contributed by atoms with Gasteiger partial charge in [-0.1, -0.05) is 25.1 Å². The minimum atomic E-state index is -1.33. The fourth-order valence-electron chi connectivity index (χ4n) is 5.07. The van der Waals surface area contributed by atoms with Gasteiger partial charge in [0.05, 0.1) is 34.8 Å². The van der Waals surface area contributed by atoms with Crippen molar-refractivity contribution in [3.05, 3.63) is 59.7 Å². The number of aliphatic hydroxyl groups is 1. The summed E-state index contributed by atoms with van der Waals surface area (Å²) in [7, 11) is 5.65. The summed E-state index contributed by atoms with van der Waals surface area (Å²) in [5.41, 5.74) is 1.25. The van der Waals surface area contributed by atoms with Crippen LogP contribution in [0.25, 0.3) is 0 Å². The molecule has 43 heavy (non-hydrogen) atoms. The molecule has 1 fully saturated rings. The maximum absolute atomic E-state index is 14.3. The molecule has 2 heterocycles. The first-order valence-corrected chi connectivity index (χ1v) is 14.3. The van der Waals surface area contributed by atoms with E-state index in [0.29, 0.717) is 34.8 Å². The topological polar surface area (TPSA) is 128 Å². The fraction of sp³-hybridized carbons (Fsp3) is 0.400. The smallest absolute Gasteiger partial charge is 0.247 e. The van der Waals surface area contributed by atoms with E-state index in [9.17, 15) is 14.3 Å². The van der Waals surface area contributed by atoms with Crippen molar-refractivity contribution in [3.8, 4) is 5.75 Å². The van der Waals surface area contributed by atoms with Crippen LogP contribution in [0.3, 0.4) is 0 Å². The summed E-state index contributed by atoms with van der Waals surface area (Å²) in [6.07, 6.45) is 4.92. The highest BCUT2D eigenvalue weighted by molar-refractivity contribution is 6.31. The molecule has 1 aliphatic heterocycles. The summed E-state index contributed by atoms with van der Waals surface area (Å²) in [5.74, 6) is -0.167. The van der Waals surface area contributed by atoms with E-state index in [1.807, 2.05) is 20.2 Å². The van der Waals surface area contributed by atoms with Crippen molar-refractivity contribution < 1.29 is 19.0 Å². The number of nitrogens with zero attached hydrogens (tertiary/aromatic N) is 5. The lowest BCUT2D eigenvalue weighted by Gasteiger charge is -2.31. The highest BCUT2D eigenvalue weighted by Crippen LogP contribution is 2.41. The number of methoxy groups -OCH3 is 1. The molecule has 1 aromatic heterocycles. The van der Waals surface area contributed by atoms with Crippen LogP contribution in [0.2, 0.25) is 5.02 Å². The second-order valence-electron chi connectivity index (χ2n) is 10.8. The SMILES string of the molecule is C=CC(=O)Nc1cc(Nc2ncnc(Nc3cc(Cl)c(F)cc3C(C)(O)CC)n2)c(OC)cc1N1CCC[C@H]1CN(C)C. The first-order chi connectivity index (χ1) is 20.4. The average molecular weight is 613 g/mol. The zero-order valence-corrected chi connectivity index (χ0v) is 25.8. The second-order valence-corrected chi connectivity index (χ2v) is 11.2. The van der Waals surface area contributed by atoms with Gasteiger partial charge < -0.3 is 35.6 Å². The first kappa shape index (κ1) is 31.9. The third kappa shape index (κ3) is 7.51. The molecule has 1 saturated heterocycles. The van der Waals surface area contributed by atoms with Crippen LogP contribution in [0, 0.1) is 5.82 Å². The van der Waals surface area contributed by atoms with Gasteiger partial charge in [-0.05, 0) is 64.6 Å². The molecule has 1 unspecified atom stereocenters. The lowest BCUT2D eigenvalue weighted by atomic mass is 9.91. The van der Waals surface area contributed by atoms with Crippen molar-refractivity contribution >= 4 is 52.2 Å². The van der Waals surface area contributed by atoms with E-state index in [1.165, 1.54) is 24.5 Å². The first-order valence-electron chi connectivity index (χ1n) is 14.0. The lowest BCUT2D eigenvalue weighted by Crippen LogP contribution is -2.38. The van der Waals surface area contributed by atoms with Crippen LogP contribution in [-0.2, 0) is 10.4 Å². The third-order valence-corrected chi connectivity index (χ3v) is 7.71. The molecule has 0 aliphatic carbocycles. The van der Waals surface area contributed by atoms with Crippen LogP contribution >= 0.6 is 11.6 Å². The molecular formula is C30H38ClFN8O3. The van der Waals surface area contributed by atoms with Crippen LogP contribution in [-0.4, -0.2) is 71.2 Å². The van der Waals surface area contributed by atoms with Gasteiger partial charge in [-0.2, -0.15) is 4.98 Å². The van der Waals surface area contributed by atoms with E-state index in [0.717, 1.165) is 31.6 Å². The summed E-state index contributed by atoms with van der Waals surface area (Å²) in [4.78, 5) is 29.7. The van der Waals surface area contributed by atoms with Gasteiger partial charge in [0.15, 0.2) is 0 Å². The molecule has 4 N–H and O–H groups in total. The Balaban J connectivity index is 1.68. The molecule has 0 saturated carbocycles. The maximum atomic E-state index is 14.3. The molecule has 2 atom stereocenters. The number of ether oxygens (including phenoxy) is 1. The predicted octanol–water partition coefficient (Wildman–Crippen LogP) is 5.43. The normalized spacial score (nSPS) is 16.1. The van der Waals surface area contributed by atoms with E-state index >= 15 is 0 Å². The van der Waals surface area contributed by atoms with Crippen molar-refractivity contribution in [2.75, 3.05) is 55.1 Å². The van der Waals surface area contributed by atoms with Gasteiger partial charge >= 0.3 is 0 Å². The number of rotatable bonds is 12. The van der Waals surface area contributed by atoms with E-state index in [-0.39, 0.29) is 28.9 Å². The number of benzene rings is 2.